The van der Waals surface area contributed by atoms with E-state index in [1.165, 1.54) is 12.1 Å². The Labute approximate surface area is 91.4 Å². The molecule has 1 aromatic heterocycles. The van der Waals surface area contributed by atoms with E-state index in [0.29, 0.717) is 10.8 Å². The van der Waals surface area contributed by atoms with Gasteiger partial charge in [-0.15, -0.1) is 0 Å². The van der Waals surface area contributed by atoms with Crippen molar-refractivity contribution in [2.45, 2.75) is 0 Å². The Morgan fingerprint density at radius 2 is 2.13 bits per heavy atom. The van der Waals surface area contributed by atoms with Crippen LogP contribution in [0.3, 0.4) is 0 Å². The normalized spacial score (nSPS) is 11.1. The Hall–Kier alpha value is -1.61. The fourth-order valence-corrected chi connectivity index (χ4v) is 1.34. The largest absolute Gasteiger partial charge is 0.267 e. The predicted molar refractivity (Wildman–Crippen MR) is 58.9 cm³/mol. The summed E-state index contributed by atoms with van der Waals surface area (Å²) in [5.74, 6) is -0.253. The van der Waals surface area contributed by atoms with Gasteiger partial charge in [-0.3, -0.25) is 5.10 Å². The zero-order chi connectivity index (χ0) is 10.7. The van der Waals surface area contributed by atoms with Crippen molar-refractivity contribution in [2.24, 2.45) is 0 Å². The van der Waals surface area contributed by atoms with E-state index in [1.807, 2.05) is 6.07 Å². The minimum absolute atomic E-state index is 0.253. The van der Waals surface area contributed by atoms with Crippen LogP contribution in [0.2, 0.25) is 5.15 Å². The van der Waals surface area contributed by atoms with Crippen molar-refractivity contribution in [1.29, 1.82) is 0 Å². The van der Waals surface area contributed by atoms with Gasteiger partial charge in [0.15, 0.2) is 0 Å². The number of hydrogen-bond acceptors (Lipinski definition) is 1. The minimum atomic E-state index is -0.253. The van der Waals surface area contributed by atoms with Crippen molar-refractivity contribution in [3.8, 4) is 0 Å². The third-order valence-corrected chi connectivity index (χ3v) is 2.06. The first-order valence-corrected chi connectivity index (χ1v) is 4.76. The van der Waals surface area contributed by atoms with Gasteiger partial charge in [0.25, 0.3) is 0 Å². The molecule has 15 heavy (non-hydrogen) atoms. The van der Waals surface area contributed by atoms with Gasteiger partial charge in [-0.25, -0.2) is 4.39 Å². The second-order valence-electron chi connectivity index (χ2n) is 3.03. The maximum atomic E-state index is 12.8. The summed E-state index contributed by atoms with van der Waals surface area (Å²) in [6.07, 6.45) is 3.53. The number of aromatic amines is 1. The molecule has 0 radical (unpaired) electrons. The highest BCUT2D eigenvalue weighted by Gasteiger charge is 1.94. The van der Waals surface area contributed by atoms with E-state index in [2.05, 4.69) is 10.2 Å². The van der Waals surface area contributed by atoms with Crippen molar-refractivity contribution in [2.75, 3.05) is 0 Å². The lowest BCUT2D eigenvalue weighted by molar-refractivity contribution is 0.627. The van der Waals surface area contributed by atoms with E-state index in [4.69, 9.17) is 11.6 Å². The Morgan fingerprint density at radius 3 is 2.80 bits per heavy atom. The molecule has 1 N–H and O–H groups in total. The summed E-state index contributed by atoms with van der Waals surface area (Å²) in [5.41, 5.74) is 1.50. The highest BCUT2D eigenvalue weighted by Crippen LogP contribution is 2.10. The first-order valence-electron chi connectivity index (χ1n) is 4.38. The first-order chi connectivity index (χ1) is 7.24. The lowest BCUT2D eigenvalue weighted by Gasteiger charge is -1.91. The van der Waals surface area contributed by atoms with Crippen LogP contribution in [0.15, 0.2) is 30.3 Å². The molecule has 0 aliphatic carbocycles. The van der Waals surface area contributed by atoms with E-state index in [0.717, 1.165) is 5.56 Å². The van der Waals surface area contributed by atoms with Crippen molar-refractivity contribution < 1.29 is 4.39 Å². The molecule has 0 amide bonds. The molecule has 2 rings (SSSR count). The van der Waals surface area contributed by atoms with E-state index in [1.54, 1.807) is 24.3 Å². The van der Waals surface area contributed by atoms with Gasteiger partial charge < -0.3 is 0 Å². The summed E-state index contributed by atoms with van der Waals surface area (Å²) in [6, 6.07) is 8.02. The third kappa shape index (κ3) is 2.67. The second-order valence-corrected chi connectivity index (χ2v) is 3.44. The van der Waals surface area contributed by atoms with Crippen molar-refractivity contribution in [3.05, 3.63) is 52.6 Å². The van der Waals surface area contributed by atoms with E-state index >= 15 is 0 Å². The molecule has 0 saturated heterocycles. The molecule has 1 heterocycles. The maximum absolute atomic E-state index is 12.8. The van der Waals surface area contributed by atoms with Crippen LogP contribution in [0, 0.1) is 5.82 Å². The molecule has 4 heteroatoms. The Balaban J connectivity index is 2.18. The maximum Gasteiger partial charge on any atom is 0.124 e. The average molecular weight is 223 g/mol. The van der Waals surface area contributed by atoms with Crippen LogP contribution in [0.25, 0.3) is 12.2 Å². The number of nitrogens with one attached hydrogen (secondary N) is 1. The quantitative estimate of drug-likeness (QED) is 0.829. The second kappa shape index (κ2) is 4.28. The molecule has 1 aromatic carbocycles. The molecule has 0 aliphatic rings. The van der Waals surface area contributed by atoms with Gasteiger partial charge in [-0.1, -0.05) is 29.8 Å². The van der Waals surface area contributed by atoms with Crippen LogP contribution in [0.5, 0.6) is 0 Å². The topological polar surface area (TPSA) is 28.7 Å². The molecule has 2 nitrogen and oxygen atoms in total. The standard InChI is InChI=1S/C11H8ClFN2/c12-11-7-10(14-15-11)5-4-8-2-1-3-9(13)6-8/h1-7H,(H,14,15)/b5-4+. The smallest absolute Gasteiger partial charge is 0.124 e. The zero-order valence-electron chi connectivity index (χ0n) is 7.74. The fraction of sp³-hybridized carbons (Fsp3) is 0. The van der Waals surface area contributed by atoms with Crippen LogP contribution in [-0.4, -0.2) is 10.2 Å². The Morgan fingerprint density at radius 1 is 1.27 bits per heavy atom. The molecule has 0 fully saturated rings. The van der Waals surface area contributed by atoms with Crippen molar-refractivity contribution >= 4 is 23.8 Å². The molecule has 76 valence electrons. The highest BCUT2D eigenvalue weighted by atomic mass is 35.5. The molecular formula is C11H8ClFN2. The van der Waals surface area contributed by atoms with E-state index in [9.17, 15) is 4.39 Å². The SMILES string of the molecule is Fc1cccc(/C=C/c2cc(Cl)[nH]n2)c1. The van der Waals surface area contributed by atoms with Crippen LogP contribution < -0.4 is 0 Å². The lowest BCUT2D eigenvalue weighted by atomic mass is 10.2. The first kappa shape index (κ1) is 9.93. The van der Waals surface area contributed by atoms with Gasteiger partial charge in [0.1, 0.15) is 11.0 Å². The summed E-state index contributed by atoms with van der Waals surface area (Å²) < 4.78 is 12.8. The Kier molecular flexibility index (Phi) is 2.83. The van der Waals surface area contributed by atoms with E-state index < -0.39 is 0 Å². The molecule has 0 aliphatic heterocycles. The summed E-state index contributed by atoms with van der Waals surface area (Å²) in [6.45, 7) is 0. The van der Waals surface area contributed by atoms with Crippen LogP contribution in [-0.2, 0) is 0 Å². The highest BCUT2D eigenvalue weighted by molar-refractivity contribution is 6.29. The summed E-state index contributed by atoms with van der Waals surface area (Å²) in [5, 5.41) is 7.00. The van der Waals surface area contributed by atoms with Crippen LogP contribution >= 0.6 is 11.6 Å². The van der Waals surface area contributed by atoms with Gasteiger partial charge in [-0.05, 0) is 23.8 Å². The third-order valence-electron chi connectivity index (χ3n) is 1.86. The average Bonchev–Trinajstić information content (AvgIpc) is 2.62. The number of halogens is 2. The predicted octanol–water partition coefficient (Wildman–Crippen LogP) is 3.37. The van der Waals surface area contributed by atoms with Crippen molar-refractivity contribution in [1.82, 2.24) is 10.2 Å². The molecule has 0 unspecified atom stereocenters. The van der Waals surface area contributed by atoms with Gasteiger partial charge in [0, 0.05) is 6.07 Å². The van der Waals surface area contributed by atoms with Gasteiger partial charge in [-0.2, -0.15) is 5.10 Å². The number of rotatable bonds is 2. The lowest BCUT2D eigenvalue weighted by Crippen LogP contribution is -1.76. The fourth-order valence-electron chi connectivity index (χ4n) is 1.19. The van der Waals surface area contributed by atoms with Crippen molar-refractivity contribution in [3.63, 3.8) is 0 Å². The summed E-state index contributed by atoms with van der Waals surface area (Å²) in [4.78, 5) is 0. The monoisotopic (exact) mass is 222 g/mol. The number of aromatic nitrogens is 2. The zero-order valence-corrected chi connectivity index (χ0v) is 8.50. The van der Waals surface area contributed by atoms with E-state index in [-0.39, 0.29) is 5.82 Å². The minimum Gasteiger partial charge on any atom is -0.267 e. The number of nitrogens with zero attached hydrogens (tertiary/aromatic N) is 1. The van der Waals surface area contributed by atoms with Gasteiger partial charge >= 0.3 is 0 Å². The number of benzene rings is 1. The molecular weight excluding hydrogens is 215 g/mol. The molecule has 0 atom stereocenters. The molecule has 0 spiro atoms. The van der Waals surface area contributed by atoms with Gasteiger partial charge in [0.05, 0.1) is 5.69 Å². The number of hydrogen-bond donors (Lipinski definition) is 1. The Bertz CT molecular complexity index is 491. The molecule has 0 saturated carbocycles. The molecule has 0 bridgehead atoms. The summed E-state index contributed by atoms with van der Waals surface area (Å²) >= 11 is 5.66. The molecule has 2 aromatic rings. The van der Waals surface area contributed by atoms with Crippen LogP contribution in [0.4, 0.5) is 4.39 Å². The summed E-state index contributed by atoms with van der Waals surface area (Å²) in [7, 11) is 0. The van der Waals surface area contributed by atoms with Crippen LogP contribution in [0.1, 0.15) is 11.3 Å². The van der Waals surface area contributed by atoms with Gasteiger partial charge in [0.2, 0.25) is 0 Å². The number of H-pyrrole nitrogens is 1.